The molecule has 0 saturated carbocycles. The normalized spacial score (nSPS) is 24.2. The number of benzene rings is 1. The molecule has 3 heterocycles. The van der Waals surface area contributed by atoms with Gasteiger partial charge in [-0.3, -0.25) is 14.5 Å². The Morgan fingerprint density at radius 3 is 2.59 bits per heavy atom. The number of carbonyl (C=O) groups is 2. The molecular formula is C24H35N3O5. The maximum absolute atomic E-state index is 13.0. The van der Waals surface area contributed by atoms with Crippen LogP contribution in [0, 0.1) is 5.92 Å². The van der Waals surface area contributed by atoms with Crippen molar-refractivity contribution in [3.8, 4) is 11.5 Å². The predicted molar refractivity (Wildman–Crippen MR) is 120 cm³/mol. The van der Waals surface area contributed by atoms with Crippen molar-refractivity contribution in [2.24, 2.45) is 5.92 Å². The van der Waals surface area contributed by atoms with Gasteiger partial charge in [0.2, 0.25) is 11.8 Å². The highest BCUT2D eigenvalue weighted by Crippen LogP contribution is 2.28. The highest BCUT2D eigenvalue weighted by atomic mass is 16.5. The number of nitrogens with zero attached hydrogens (tertiary/aromatic N) is 3. The van der Waals surface area contributed by atoms with E-state index in [9.17, 15) is 9.59 Å². The van der Waals surface area contributed by atoms with Crippen molar-refractivity contribution in [2.75, 3.05) is 66.6 Å². The van der Waals surface area contributed by atoms with Gasteiger partial charge >= 0.3 is 0 Å². The molecule has 0 aliphatic carbocycles. The number of amides is 2. The largest absolute Gasteiger partial charge is 0.493 e. The van der Waals surface area contributed by atoms with Crippen LogP contribution in [0.4, 0.5) is 0 Å². The molecule has 176 valence electrons. The molecule has 0 bridgehead atoms. The monoisotopic (exact) mass is 445 g/mol. The van der Waals surface area contributed by atoms with Gasteiger partial charge in [-0.05, 0) is 37.0 Å². The third-order valence-electron chi connectivity index (χ3n) is 6.85. The molecule has 0 unspecified atom stereocenters. The SMILES string of the molecule is COc1ccc(CCN2C[C@@H](C(=O)N3CCN(C[C@H]4CCCO4)CC3)CC2=O)cc1OC. The molecule has 0 spiro atoms. The molecule has 0 N–H and O–H groups in total. The molecule has 8 nitrogen and oxygen atoms in total. The van der Waals surface area contributed by atoms with Crippen LogP contribution in [0.5, 0.6) is 11.5 Å². The first kappa shape index (κ1) is 22.9. The fraction of sp³-hybridized carbons (Fsp3) is 0.667. The average Bonchev–Trinajstić information content (AvgIpc) is 3.47. The van der Waals surface area contributed by atoms with Gasteiger partial charge in [-0.2, -0.15) is 0 Å². The maximum atomic E-state index is 13.0. The van der Waals surface area contributed by atoms with Crippen LogP contribution in [0.25, 0.3) is 0 Å². The number of hydrogen-bond donors (Lipinski definition) is 0. The molecule has 1 aromatic carbocycles. The first-order valence-corrected chi connectivity index (χ1v) is 11.7. The Balaban J connectivity index is 1.24. The van der Waals surface area contributed by atoms with Crippen molar-refractivity contribution in [2.45, 2.75) is 31.8 Å². The molecule has 3 saturated heterocycles. The second-order valence-electron chi connectivity index (χ2n) is 8.94. The van der Waals surface area contributed by atoms with Gasteiger partial charge in [0.15, 0.2) is 11.5 Å². The van der Waals surface area contributed by atoms with Crippen molar-refractivity contribution < 1.29 is 23.8 Å². The third-order valence-corrected chi connectivity index (χ3v) is 6.85. The molecule has 3 aliphatic rings. The van der Waals surface area contributed by atoms with Gasteiger partial charge in [0.05, 0.1) is 26.2 Å². The van der Waals surface area contributed by atoms with E-state index in [1.165, 1.54) is 0 Å². The first-order chi connectivity index (χ1) is 15.6. The van der Waals surface area contributed by atoms with Gasteiger partial charge in [0.25, 0.3) is 0 Å². The van der Waals surface area contributed by atoms with Crippen LogP contribution in [0.3, 0.4) is 0 Å². The molecule has 0 radical (unpaired) electrons. The van der Waals surface area contributed by atoms with Crippen LogP contribution < -0.4 is 9.47 Å². The molecule has 4 rings (SSSR count). The minimum Gasteiger partial charge on any atom is -0.493 e. The number of likely N-dealkylation sites (tertiary alicyclic amines) is 1. The molecule has 1 aromatic rings. The molecule has 2 amide bonds. The molecular weight excluding hydrogens is 410 g/mol. The average molecular weight is 446 g/mol. The fourth-order valence-corrected chi connectivity index (χ4v) is 4.94. The van der Waals surface area contributed by atoms with Crippen LogP contribution in [0.15, 0.2) is 18.2 Å². The van der Waals surface area contributed by atoms with Crippen LogP contribution in [-0.4, -0.2) is 99.3 Å². The lowest BCUT2D eigenvalue weighted by atomic mass is 10.1. The van der Waals surface area contributed by atoms with Crippen molar-refractivity contribution in [1.82, 2.24) is 14.7 Å². The zero-order valence-electron chi connectivity index (χ0n) is 19.3. The summed E-state index contributed by atoms with van der Waals surface area (Å²) in [6.45, 7) is 6.21. The summed E-state index contributed by atoms with van der Waals surface area (Å²) in [5.74, 6) is 1.35. The summed E-state index contributed by atoms with van der Waals surface area (Å²) in [7, 11) is 3.23. The van der Waals surface area contributed by atoms with Crippen LogP contribution >= 0.6 is 0 Å². The second-order valence-corrected chi connectivity index (χ2v) is 8.94. The smallest absolute Gasteiger partial charge is 0.228 e. The fourth-order valence-electron chi connectivity index (χ4n) is 4.94. The Morgan fingerprint density at radius 1 is 1.12 bits per heavy atom. The Bertz CT molecular complexity index is 803. The molecule has 3 fully saturated rings. The van der Waals surface area contributed by atoms with E-state index in [1.807, 2.05) is 28.0 Å². The first-order valence-electron chi connectivity index (χ1n) is 11.7. The van der Waals surface area contributed by atoms with E-state index in [0.717, 1.165) is 64.2 Å². The maximum Gasteiger partial charge on any atom is 0.228 e. The van der Waals surface area contributed by atoms with E-state index in [2.05, 4.69) is 4.90 Å². The standard InChI is InChI=1S/C24H35N3O5/c1-30-21-6-5-18(14-22(21)31-2)7-8-27-16-19(15-23(27)28)24(29)26-11-9-25(10-12-26)17-20-4-3-13-32-20/h5-6,14,19-20H,3-4,7-13,15-17H2,1-2H3/t19-,20+/m0/s1. The molecule has 0 aromatic heterocycles. The van der Waals surface area contributed by atoms with Gasteiger partial charge < -0.3 is 24.0 Å². The number of hydrogen-bond acceptors (Lipinski definition) is 6. The minimum absolute atomic E-state index is 0.0702. The Morgan fingerprint density at radius 2 is 1.91 bits per heavy atom. The van der Waals surface area contributed by atoms with E-state index in [4.69, 9.17) is 14.2 Å². The van der Waals surface area contributed by atoms with Crippen molar-refractivity contribution >= 4 is 11.8 Å². The predicted octanol–water partition coefficient (Wildman–Crippen LogP) is 1.42. The number of piperazine rings is 1. The van der Waals surface area contributed by atoms with Gasteiger partial charge in [-0.15, -0.1) is 0 Å². The Hall–Kier alpha value is -2.32. The molecule has 3 aliphatic heterocycles. The lowest BCUT2D eigenvalue weighted by molar-refractivity contribution is -0.137. The minimum atomic E-state index is -0.224. The van der Waals surface area contributed by atoms with Gasteiger partial charge in [0.1, 0.15) is 0 Å². The lowest BCUT2D eigenvalue weighted by Crippen LogP contribution is -2.52. The molecule has 32 heavy (non-hydrogen) atoms. The van der Waals surface area contributed by atoms with Crippen LogP contribution in [-0.2, 0) is 20.7 Å². The Labute approximate surface area is 190 Å². The second kappa shape index (κ2) is 10.5. The van der Waals surface area contributed by atoms with Gasteiger partial charge in [-0.1, -0.05) is 6.07 Å². The van der Waals surface area contributed by atoms with E-state index in [0.29, 0.717) is 37.1 Å². The summed E-state index contributed by atoms with van der Waals surface area (Å²) in [4.78, 5) is 31.8. The summed E-state index contributed by atoms with van der Waals surface area (Å²) in [5, 5.41) is 0. The van der Waals surface area contributed by atoms with Crippen molar-refractivity contribution in [1.29, 1.82) is 0 Å². The summed E-state index contributed by atoms with van der Waals surface area (Å²) >= 11 is 0. The van der Waals surface area contributed by atoms with E-state index in [1.54, 1.807) is 14.2 Å². The van der Waals surface area contributed by atoms with E-state index < -0.39 is 0 Å². The highest BCUT2D eigenvalue weighted by Gasteiger charge is 2.37. The number of methoxy groups -OCH3 is 2. The van der Waals surface area contributed by atoms with Gasteiger partial charge in [0, 0.05) is 58.8 Å². The lowest BCUT2D eigenvalue weighted by Gasteiger charge is -2.36. The van der Waals surface area contributed by atoms with Gasteiger partial charge in [-0.25, -0.2) is 0 Å². The van der Waals surface area contributed by atoms with Crippen molar-refractivity contribution in [3.63, 3.8) is 0 Å². The number of ether oxygens (including phenoxy) is 3. The summed E-state index contributed by atoms with van der Waals surface area (Å²) < 4.78 is 16.4. The zero-order chi connectivity index (χ0) is 22.5. The third kappa shape index (κ3) is 5.35. The molecule has 2 atom stereocenters. The summed E-state index contributed by atoms with van der Waals surface area (Å²) in [6.07, 6.45) is 3.68. The van der Waals surface area contributed by atoms with E-state index in [-0.39, 0.29) is 17.7 Å². The molecule has 8 heteroatoms. The topological polar surface area (TPSA) is 71.5 Å². The Kier molecular flexibility index (Phi) is 7.52. The highest BCUT2D eigenvalue weighted by molar-refractivity contribution is 5.89. The summed E-state index contributed by atoms with van der Waals surface area (Å²) in [6, 6.07) is 5.81. The van der Waals surface area contributed by atoms with E-state index >= 15 is 0 Å². The number of rotatable bonds is 8. The quantitative estimate of drug-likeness (QED) is 0.603. The number of carbonyl (C=O) groups excluding carboxylic acids is 2. The summed E-state index contributed by atoms with van der Waals surface area (Å²) in [5.41, 5.74) is 1.08. The van der Waals surface area contributed by atoms with Crippen molar-refractivity contribution in [3.05, 3.63) is 23.8 Å². The van der Waals surface area contributed by atoms with Crippen LogP contribution in [0.2, 0.25) is 0 Å². The van der Waals surface area contributed by atoms with Crippen LogP contribution in [0.1, 0.15) is 24.8 Å². The zero-order valence-corrected chi connectivity index (χ0v) is 19.3.